The van der Waals surface area contributed by atoms with E-state index in [0.29, 0.717) is 0 Å². The van der Waals surface area contributed by atoms with Crippen LogP contribution in [0.1, 0.15) is 0 Å². The zero-order valence-corrected chi connectivity index (χ0v) is 24.6. The van der Waals surface area contributed by atoms with Crippen molar-refractivity contribution in [3.05, 3.63) is 170 Å². The second kappa shape index (κ2) is 10.4. The van der Waals surface area contributed by atoms with E-state index in [-0.39, 0.29) is 0 Å². The van der Waals surface area contributed by atoms with Crippen molar-refractivity contribution in [1.29, 1.82) is 0 Å². The minimum atomic E-state index is 0.889. The molecule has 0 aliphatic rings. The molecule has 0 saturated heterocycles. The van der Waals surface area contributed by atoms with E-state index < -0.39 is 0 Å². The molecule has 0 aliphatic heterocycles. The van der Waals surface area contributed by atoms with Gasteiger partial charge < -0.3 is 4.42 Å². The molecule has 8 aromatic carbocycles. The maximum atomic E-state index is 7.16. The lowest BCUT2D eigenvalue weighted by Crippen LogP contribution is -1.94. The largest absolute Gasteiger partial charge is 0.455 e. The fourth-order valence-corrected chi connectivity index (χ4v) is 7.19. The molecule has 1 nitrogen and oxygen atoms in total. The summed E-state index contributed by atoms with van der Waals surface area (Å²) in [6.45, 7) is 0. The van der Waals surface area contributed by atoms with E-state index in [4.69, 9.17) is 4.42 Å². The second-order valence-electron chi connectivity index (χ2n) is 11.6. The molecule has 0 fully saturated rings. The number of benzene rings is 8. The van der Waals surface area contributed by atoms with Crippen LogP contribution in [0.4, 0.5) is 0 Å². The van der Waals surface area contributed by atoms with Gasteiger partial charge in [0, 0.05) is 33.0 Å². The van der Waals surface area contributed by atoms with Gasteiger partial charge in [-0.2, -0.15) is 0 Å². The summed E-state index contributed by atoms with van der Waals surface area (Å²) >= 11 is 0. The topological polar surface area (TPSA) is 13.1 Å². The first-order valence-corrected chi connectivity index (χ1v) is 15.5. The second-order valence-corrected chi connectivity index (χ2v) is 11.6. The molecule has 0 unspecified atom stereocenters. The molecule has 0 N–H and O–H groups in total. The first-order chi connectivity index (χ1) is 22.4. The third kappa shape index (κ3) is 3.95. The maximum absolute atomic E-state index is 7.16. The summed E-state index contributed by atoms with van der Waals surface area (Å²) in [6, 6.07) is 60.6. The van der Waals surface area contributed by atoms with E-state index in [2.05, 4.69) is 170 Å². The minimum absolute atomic E-state index is 0.889. The lowest BCUT2D eigenvalue weighted by Gasteiger charge is -2.20. The van der Waals surface area contributed by atoms with E-state index in [1.165, 1.54) is 54.6 Å². The Labute approximate surface area is 261 Å². The molecule has 210 valence electrons. The molecule has 9 aromatic rings. The van der Waals surface area contributed by atoms with E-state index >= 15 is 0 Å². The van der Waals surface area contributed by atoms with Gasteiger partial charge in [-0.15, -0.1) is 0 Å². The zero-order chi connectivity index (χ0) is 29.7. The van der Waals surface area contributed by atoms with Gasteiger partial charge in [-0.25, -0.2) is 0 Å². The van der Waals surface area contributed by atoms with Crippen LogP contribution in [0.3, 0.4) is 0 Å². The average Bonchev–Trinajstić information content (AvgIpc) is 3.52. The Morgan fingerprint density at radius 3 is 0.889 bits per heavy atom. The summed E-state index contributed by atoms with van der Waals surface area (Å²) in [7, 11) is 0. The fraction of sp³-hybridized carbons (Fsp3) is 0. The summed E-state index contributed by atoms with van der Waals surface area (Å²) in [6.07, 6.45) is 0. The normalized spacial score (nSPS) is 11.6. The van der Waals surface area contributed by atoms with Crippen molar-refractivity contribution in [2.45, 2.75) is 0 Å². The van der Waals surface area contributed by atoms with E-state index in [1.807, 2.05) is 0 Å². The van der Waals surface area contributed by atoms with Gasteiger partial charge in [0.2, 0.25) is 0 Å². The van der Waals surface area contributed by atoms with E-state index in [0.717, 1.165) is 33.4 Å². The highest BCUT2D eigenvalue weighted by atomic mass is 16.3. The van der Waals surface area contributed by atoms with Gasteiger partial charge in [-0.1, -0.05) is 170 Å². The quantitative estimate of drug-likeness (QED) is 0.191. The van der Waals surface area contributed by atoms with Gasteiger partial charge in [0.1, 0.15) is 11.5 Å². The summed E-state index contributed by atoms with van der Waals surface area (Å²) in [4.78, 5) is 0. The molecule has 0 saturated carbocycles. The Morgan fingerprint density at radius 2 is 0.533 bits per heavy atom. The molecule has 0 aliphatic carbocycles. The van der Waals surface area contributed by atoms with Crippen LogP contribution in [0.5, 0.6) is 0 Å². The highest BCUT2D eigenvalue weighted by molar-refractivity contribution is 6.38. The summed E-state index contributed by atoms with van der Waals surface area (Å²) < 4.78 is 7.16. The number of furan rings is 1. The summed E-state index contributed by atoms with van der Waals surface area (Å²) in [5.74, 6) is 1.78. The van der Waals surface area contributed by atoms with Crippen LogP contribution in [-0.2, 0) is 0 Å². The number of fused-ring (bicyclic) bond motifs is 7. The van der Waals surface area contributed by atoms with Crippen molar-refractivity contribution in [3.63, 3.8) is 0 Å². The van der Waals surface area contributed by atoms with Crippen molar-refractivity contribution < 1.29 is 4.42 Å². The molecule has 1 aromatic heterocycles. The summed E-state index contributed by atoms with van der Waals surface area (Å²) in [5.41, 5.74) is 6.87. The highest BCUT2D eigenvalue weighted by Crippen LogP contribution is 2.54. The van der Waals surface area contributed by atoms with Crippen molar-refractivity contribution in [1.82, 2.24) is 0 Å². The first kappa shape index (κ1) is 25.6. The third-order valence-corrected chi connectivity index (χ3v) is 9.04. The van der Waals surface area contributed by atoms with Crippen molar-refractivity contribution in [2.24, 2.45) is 0 Å². The number of rotatable bonds is 4. The minimum Gasteiger partial charge on any atom is -0.455 e. The van der Waals surface area contributed by atoms with Crippen LogP contribution in [0.15, 0.2) is 174 Å². The van der Waals surface area contributed by atoms with Gasteiger partial charge in [0.05, 0.1) is 0 Å². The Kier molecular flexibility index (Phi) is 5.89. The highest BCUT2D eigenvalue weighted by Gasteiger charge is 2.28. The monoisotopic (exact) mass is 572 g/mol. The molecule has 0 atom stereocenters. The van der Waals surface area contributed by atoms with Crippen molar-refractivity contribution >= 4 is 43.1 Å². The lowest BCUT2D eigenvalue weighted by molar-refractivity contribution is 0.602. The predicted octanol–water partition coefficient (Wildman–Crippen LogP) is 12.6. The predicted molar refractivity (Wildman–Crippen MR) is 190 cm³/mol. The molecule has 0 spiro atoms. The Morgan fingerprint density at radius 1 is 0.244 bits per heavy atom. The molecule has 0 amide bonds. The molecule has 1 heterocycles. The smallest absolute Gasteiger partial charge is 0.143 e. The van der Waals surface area contributed by atoms with Gasteiger partial charge in [0.25, 0.3) is 0 Å². The number of hydrogen-bond acceptors (Lipinski definition) is 1. The summed E-state index contributed by atoms with van der Waals surface area (Å²) in [5, 5.41) is 9.76. The van der Waals surface area contributed by atoms with Crippen molar-refractivity contribution in [3.8, 4) is 44.9 Å². The Bertz CT molecular complexity index is 2320. The van der Waals surface area contributed by atoms with Gasteiger partial charge in [-0.3, -0.25) is 0 Å². The lowest BCUT2D eigenvalue weighted by atomic mass is 9.81. The van der Waals surface area contributed by atoms with Crippen molar-refractivity contribution in [2.75, 3.05) is 0 Å². The fourth-order valence-electron chi connectivity index (χ4n) is 7.19. The first-order valence-electron chi connectivity index (χ1n) is 15.5. The van der Waals surface area contributed by atoms with Crippen LogP contribution in [0, 0.1) is 0 Å². The Hall–Kier alpha value is -5.92. The molecule has 0 radical (unpaired) electrons. The van der Waals surface area contributed by atoms with Crippen LogP contribution in [0.25, 0.3) is 88.0 Å². The molecule has 0 bridgehead atoms. The number of hydrogen-bond donors (Lipinski definition) is 0. The van der Waals surface area contributed by atoms with Crippen LogP contribution < -0.4 is 0 Å². The van der Waals surface area contributed by atoms with Gasteiger partial charge in [-0.05, 0) is 43.4 Å². The maximum Gasteiger partial charge on any atom is 0.143 e. The Balaban J connectivity index is 1.68. The average molecular weight is 573 g/mol. The zero-order valence-electron chi connectivity index (χ0n) is 24.6. The standard InChI is InChI=1S/C44H28O/c1-5-17-29(18-6-1)37-39-35-27-15-13-25-33(35)34-26-14-16-28-36(34)40(39)38(30-19-7-2-8-20-30)42-41(37)43(31-21-9-3-10-22-31)45-44(42)32-23-11-4-12-24-32/h1-28H. The third-order valence-electron chi connectivity index (χ3n) is 9.04. The molecule has 1 heteroatoms. The molecule has 9 rings (SSSR count). The molecule has 45 heavy (non-hydrogen) atoms. The van der Waals surface area contributed by atoms with Crippen LogP contribution >= 0.6 is 0 Å². The SMILES string of the molecule is c1ccc(-c2oc(-c3ccccc3)c3c(-c4ccccc4)c4c5ccccc5c5ccccc5c4c(-c4ccccc4)c23)cc1. The van der Waals surface area contributed by atoms with Crippen LogP contribution in [0.2, 0.25) is 0 Å². The van der Waals surface area contributed by atoms with E-state index in [1.54, 1.807) is 0 Å². The van der Waals surface area contributed by atoms with E-state index in [9.17, 15) is 0 Å². The van der Waals surface area contributed by atoms with Gasteiger partial charge in [0.15, 0.2) is 0 Å². The van der Waals surface area contributed by atoms with Gasteiger partial charge >= 0.3 is 0 Å². The molecular formula is C44H28O. The molecular weight excluding hydrogens is 544 g/mol. The van der Waals surface area contributed by atoms with Crippen LogP contribution in [-0.4, -0.2) is 0 Å².